The maximum absolute atomic E-state index is 12.1. The number of carbonyl (C=O) groups excluding carboxylic acids is 1. The number of ether oxygens (including phenoxy) is 2. The lowest BCUT2D eigenvalue weighted by atomic mass is 10.1. The molecule has 0 radical (unpaired) electrons. The quantitative estimate of drug-likeness (QED) is 0.266. The van der Waals surface area contributed by atoms with Gasteiger partial charge in [0.2, 0.25) is 0 Å². The molecule has 1 unspecified atom stereocenters. The van der Waals surface area contributed by atoms with Gasteiger partial charge in [-0.1, -0.05) is 41.9 Å². The van der Waals surface area contributed by atoms with Crippen molar-refractivity contribution in [1.29, 1.82) is 0 Å². The van der Waals surface area contributed by atoms with Crippen molar-refractivity contribution in [2.24, 2.45) is 5.73 Å². The number of likely N-dealkylation sites (N-methyl/N-ethyl adjacent to an activating group) is 1. The number of anilines is 1. The third kappa shape index (κ3) is 5.01. The van der Waals surface area contributed by atoms with Crippen LogP contribution in [0.1, 0.15) is 30.3 Å². The molecule has 3 heterocycles. The largest absolute Gasteiger partial charge is 0.489 e. The maximum Gasteiger partial charge on any atom is 0.250 e. The third-order valence-corrected chi connectivity index (χ3v) is 6.72. The number of nitrogens with zero attached hydrogens (tertiary/aromatic N) is 4. The standard InChI is InChI=1S/C26H28ClN7O4/c1-14(17-10-16(27)8-9-18(17)37-11-15-6-4-3-5-7-15)33-23-20-24(31-12-30-23)34(13-32-20)26-21(35)19(28)22(38-26)25(36)29-2/h3-10,12-14,19,21-22,26,35H,11,28H2,1-2H3,(H,29,36)(H,30,31,33)/t14?,19-,21+,22-,26+/m0/s1. The van der Waals surface area contributed by atoms with E-state index in [1.165, 1.54) is 19.7 Å². The number of aliphatic hydroxyl groups excluding tert-OH is 1. The Hall–Kier alpha value is -3.77. The monoisotopic (exact) mass is 537 g/mol. The van der Waals surface area contributed by atoms with Gasteiger partial charge in [-0.15, -0.1) is 0 Å². The van der Waals surface area contributed by atoms with E-state index in [0.717, 1.165) is 11.1 Å². The van der Waals surface area contributed by atoms with E-state index in [9.17, 15) is 9.90 Å². The first kappa shape index (κ1) is 25.9. The minimum atomic E-state index is -1.14. The number of benzene rings is 2. The van der Waals surface area contributed by atoms with Gasteiger partial charge in [-0.3, -0.25) is 9.36 Å². The maximum atomic E-state index is 12.1. The molecule has 4 aromatic rings. The fourth-order valence-electron chi connectivity index (χ4n) is 4.45. The summed E-state index contributed by atoms with van der Waals surface area (Å²) < 4.78 is 13.5. The second-order valence-electron chi connectivity index (χ2n) is 9.00. The minimum Gasteiger partial charge on any atom is -0.489 e. The van der Waals surface area contributed by atoms with Gasteiger partial charge in [-0.2, -0.15) is 0 Å². The molecule has 0 spiro atoms. The Morgan fingerprint density at radius 2 is 2.03 bits per heavy atom. The molecule has 5 atom stereocenters. The molecule has 11 nitrogen and oxygen atoms in total. The Morgan fingerprint density at radius 1 is 1.24 bits per heavy atom. The van der Waals surface area contributed by atoms with Crippen LogP contribution in [0.5, 0.6) is 5.75 Å². The number of nitrogens with two attached hydrogens (primary N) is 1. The van der Waals surface area contributed by atoms with Gasteiger partial charge in [0.1, 0.15) is 24.8 Å². The zero-order chi connectivity index (χ0) is 26.8. The number of fused-ring (bicyclic) bond motifs is 1. The van der Waals surface area contributed by atoms with Crippen LogP contribution in [0.4, 0.5) is 5.82 Å². The van der Waals surface area contributed by atoms with Gasteiger partial charge in [0.15, 0.2) is 29.3 Å². The summed E-state index contributed by atoms with van der Waals surface area (Å²) in [6.07, 6.45) is -0.221. The average molecular weight is 538 g/mol. The van der Waals surface area contributed by atoms with E-state index in [0.29, 0.717) is 34.4 Å². The van der Waals surface area contributed by atoms with Gasteiger partial charge in [-0.05, 0) is 30.7 Å². The number of hydrogen-bond donors (Lipinski definition) is 4. The van der Waals surface area contributed by atoms with Crippen LogP contribution in [-0.4, -0.2) is 55.8 Å². The topological polar surface area (TPSA) is 149 Å². The molecule has 0 saturated carbocycles. The van der Waals surface area contributed by atoms with Crippen LogP contribution < -0.4 is 21.1 Å². The molecular weight excluding hydrogens is 510 g/mol. The lowest BCUT2D eigenvalue weighted by molar-refractivity contribution is -0.134. The van der Waals surface area contributed by atoms with Crippen LogP contribution in [-0.2, 0) is 16.1 Å². The van der Waals surface area contributed by atoms with Crippen molar-refractivity contribution in [2.45, 2.75) is 44.1 Å². The number of imidazole rings is 1. The zero-order valence-corrected chi connectivity index (χ0v) is 21.5. The second kappa shape index (κ2) is 10.9. The Labute approximate surface area is 224 Å². The molecule has 0 aliphatic carbocycles. The molecule has 12 heteroatoms. The van der Waals surface area contributed by atoms with Crippen LogP contribution >= 0.6 is 11.6 Å². The van der Waals surface area contributed by atoms with E-state index < -0.39 is 30.4 Å². The average Bonchev–Trinajstić information content (AvgIpc) is 3.49. The molecule has 0 bridgehead atoms. The molecule has 1 aliphatic heterocycles. The van der Waals surface area contributed by atoms with E-state index in [1.54, 1.807) is 10.6 Å². The summed E-state index contributed by atoms with van der Waals surface area (Å²) in [5.41, 5.74) is 8.81. The van der Waals surface area contributed by atoms with E-state index >= 15 is 0 Å². The van der Waals surface area contributed by atoms with Crippen LogP contribution in [0.15, 0.2) is 61.2 Å². The van der Waals surface area contributed by atoms with Crippen molar-refractivity contribution >= 4 is 34.5 Å². The molecule has 5 rings (SSSR count). The number of nitrogens with one attached hydrogen (secondary N) is 2. The number of halogens is 1. The van der Waals surface area contributed by atoms with Crippen LogP contribution in [0.25, 0.3) is 11.2 Å². The van der Waals surface area contributed by atoms with Crippen molar-refractivity contribution in [1.82, 2.24) is 24.8 Å². The van der Waals surface area contributed by atoms with Gasteiger partial charge in [0, 0.05) is 17.6 Å². The minimum absolute atomic E-state index is 0.262. The number of rotatable bonds is 8. The number of carbonyl (C=O) groups is 1. The molecule has 5 N–H and O–H groups in total. The summed E-state index contributed by atoms with van der Waals surface area (Å²) in [6, 6.07) is 14.2. The van der Waals surface area contributed by atoms with E-state index in [2.05, 4.69) is 25.6 Å². The number of aromatic nitrogens is 4. The van der Waals surface area contributed by atoms with Crippen LogP contribution in [0.2, 0.25) is 5.02 Å². The highest BCUT2D eigenvalue weighted by Crippen LogP contribution is 2.34. The molecule has 1 aliphatic rings. The van der Waals surface area contributed by atoms with Gasteiger partial charge in [0.05, 0.1) is 18.4 Å². The molecule has 2 aromatic heterocycles. The lowest BCUT2D eigenvalue weighted by Gasteiger charge is -2.20. The van der Waals surface area contributed by atoms with E-state index in [1.807, 2.05) is 49.4 Å². The zero-order valence-electron chi connectivity index (χ0n) is 20.8. The second-order valence-corrected chi connectivity index (χ2v) is 9.43. The fourth-order valence-corrected chi connectivity index (χ4v) is 4.63. The summed E-state index contributed by atoms with van der Waals surface area (Å²) in [4.78, 5) is 25.3. The first-order chi connectivity index (χ1) is 18.4. The van der Waals surface area contributed by atoms with Crippen molar-refractivity contribution in [3.05, 3.63) is 77.3 Å². The number of hydrogen-bond acceptors (Lipinski definition) is 9. The first-order valence-electron chi connectivity index (χ1n) is 12.1. The van der Waals surface area contributed by atoms with Gasteiger partial charge >= 0.3 is 0 Å². The van der Waals surface area contributed by atoms with Crippen molar-refractivity contribution in [3.8, 4) is 5.75 Å². The molecule has 198 valence electrons. The van der Waals surface area contributed by atoms with E-state index in [-0.39, 0.29) is 6.04 Å². The Bertz CT molecular complexity index is 1430. The van der Waals surface area contributed by atoms with Crippen LogP contribution in [0.3, 0.4) is 0 Å². The smallest absolute Gasteiger partial charge is 0.250 e. The molecule has 38 heavy (non-hydrogen) atoms. The molecule has 1 saturated heterocycles. The van der Waals surface area contributed by atoms with Gasteiger partial charge in [0.25, 0.3) is 5.91 Å². The first-order valence-corrected chi connectivity index (χ1v) is 12.5. The summed E-state index contributed by atoms with van der Waals surface area (Å²) in [5.74, 6) is 0.738. The molecule has 1 fully saturated rings. The predicted molar refractivity (Wildman–Crippen MR) is 142 cm³/mol. The third-order valence-electron chi connectivity index (χ3n) is 6.49. The normalized spacial score (nSPS) is 21.8. The number of amides is 1. The summed E-state index contributed by atoms with van der Waals surface area (Å²) in [6.45, 7) is 2.37. The highest BCUT2D eigenvalue weighted by atomic mass is 35.5. The van der Waals surface area contributed by atoms with E-state index in [4.69, 9.17) is 26.8 Å². The highest BCUT2D eigenvalue weighted by molar-refractivity contribution is 6.30. The van der Waals surface area contributed by atoms with Gasteiger partial charge in [-0.25, -0.2) is 15.0 Å². The molecule has 2 aromatic carbocycles. The summed E-state index contributed by atoms with van der Waals surface area (Å²) >= 11 is 6.32. The van der Waals surface area contributed by atoms with Crippen LogP contribution in [0, 0.1) is 0 Å². The Morgan fingerprint density at radius 3 is 2.79 bits per heavy atom. The highest BCUT2D eigenvalue weighted by Gasteiger charge is 2.46. The number of aliphatic hydroxyl groups is 1. The van der Waals surface area contributed by atoms with Crippen molar-refractivity contribution < 1.29 is 19.4 Å². The van der Waals surface area contributed by atoms with Crippen molar-refractivity contribution in [3.63, 3.8) is 0 Å². The molecule has 1 amide bonds. The van der Waals surface area contributed by atoms with Crippen molar-refractivity contribution in [2.75, 3.05) is 12.4 Å². The predicted octanol–water partition coefficient (Wildman–Crippen LogP) is 2.56. The fraction of sp³-hybridized carbons (Fsp3) is 0.308. The summed E-state index contributed by atoms with van der Waals surface area (Å²) in [5, 5.41) is 17.1. The Balaban J connectivity index is 1.39. The Kier molecular flexibility index (Phi) is 7.43. The summed E-state index contributed by atoms with van der Waals surface area (Å²) in [7, 11) is 1.48. The lowest BCUT2D eigenvalue weighted by Crippen LogP contribution is -2.46. The van der Waals surface area contributed by atoms with Gasteiger partial charge < -0.3 is 30.9 Å². The SMILES string of the molecule is CNC(=O)[C@H]1O[C@@H](n2cnc3c(NC(C)c4cc(Cl)ccc4OCc4ccccc4)ncnc32)[C@H](O)[C@@H]1N. The molecular formula is C26H28ClN7O4.